The fourth-order valence-corrected chi connectivity index (χ4v) is 3.24. The Labute approximate surface area is 179 Å². The summed E-state index contributed by atoms with van der Waals surface area (Å²) in [5, 5.41) is 0. The summed E-state index contributed by atoms with van der Waals surface area (Å²) in [6.45, 7) is 6.26. The van der Waals surface area contributed by atoms with Gasteiger partial charge in [-0.15, -0.1) is 11.3 Å². The molecule has 0 bridgehead atoms. The molecule has 0 spiro atoms. The van der Waals surface area contributed by atoms with E-state index in [4.69, 9.17) is 20.2 Å². The molecule has 1 heterocycles. The fourth-order valence-electron chi connectivity index (χ4n) is 2.49. The molecule has 0 atom stereocenters. The van der Waals surface area contributed by atoms with Crippen molar-refractivity contribution >= 4 is 55.3 Å². The molecule has 0 aliphatic heterocycles. The molecule has 0 aliphatic carbocycles. The van der Waals surface area contributed by atoms with Crippen LogP contribution in [0.25, 0.3) is 0 Å². The van der Waals surface area contributed by atoms with Gasteiger partial charge in [0.25, 0.3) is 0 Å². The molecule has 0 amide bonds. The van der Waals surface area contributed by atoms with E-state index in [2.05, 4.69) is 67.2 Å². The van der Waals surface area contributed by atoms with Crippen molar-refractivity contribution in [3.05, 3.63) is 81.0 Å². The molecule has 2 nitrogen and oxygen atoms in total. The Bertz CT molecular complexity index is 915. The van der Waals surface area contributed by atoms with Gasteiger partial charge in [0.1, 0.15) is 0 Å². The van der Waals surface area contributed by atoms with Gasteiger partial charge in [0.05, 0.1) is 11.4 Å². The summed E-state index contributed by atoms with van der Waals surface area (Å²) in [7, 11) is 9.53. The molecule has 0 N–H and O–H groups in total. The molecule has 3 aromatic rings. The van der Waals surface area contributed by atoms with Crippen LogP contribution >= 0.6 is 31.5 Å². The van der Waals surface area contributed by atoms with Gasteiger partial charge in [-0.3, -0.25) is 9.98 Å². The van der Waals surface area contributed by atoms with Crippen molar-refractivity contribution in [1.29, 1.82) is 0 Å². The van der Waals surface area contributed by atoms with E-state index >= 15 is 0 Å². The Morgan fingerprint density at radius 3 is 1.85 bits per heavy atom. The summed E-state index contributed by atoms with van der Waals surface area (Å²) < 4.78 is 0. The first-order valence-electron chi connectivity index (χ1n) is 8.20. The summed E-state index contributed by atoms with van der Waals surface area (Å²) in [6, 6.07) is 18.6. The molecule has 0 saturated heterocycles. The molecule has 142 valence electrons. The van der Waals surface area contributed by atoms with Crippen molar-refractivity contribution < 1.29 is 13.1 Å². The number of thiophene rings is 1. The Morgan fingerprint density at radius 2 is 1.26 bits per heavy atom. The minimum absolute atomic E-state index is 0.194. The van der Waals surface area contributed by atoms with Crippen LogP contribution in [0.4, 0.5) is 11.4 Å². The average Bonchev–Trinajstić information content (AvgIpc) is 3.09. The van der Waals surface area contributed by atoms with Crippen molar-refractivity contribution in [2.24, 2.45) is 9.98 Å². The van der Waals surface area contributed by atoms with Gasteiger partial charge in [0, 0.05) is 22.2 Å². The van der Waals surface area contributed by atoms with E-state index in [0.29, 0.717) is 0 Å². The van der Waals surface area contributed by atoms with Crippen LogP contribution < -0.4 is 0 Å². The first kappa shape index (κ1) is 21.9. The van der Waals surface area contributed by atoms with Crippen LogP contribution in [0.15, 0.2) is 64.6 Å². The molecular formula is C21H20Cl2FeN2S. The number of halogens is 2. The number of para-hydroxylation sites is 2. The van der Waals surface area contributed by atoms with E-state index < -0.39 is 0 Å². The Kier molecular flexibility index (Phi) is 9.26. The SMILES string of the molecule is Cc1ccccc1N=Cc1ccc(C=Nc2c(C)cccc2C)s1.[Cl][Fe][Cl]. The van der Waals surface area contributed by atoms with Crippen LogP contribution in [-0.4, -0.2) is 12.4 Å². The number of rotatable bonds is 4. The van der Waals surface area contributed by atoms with E-state index in [1.54, 1.807) is 11.3 Å². The van der Waals surface area contributed by atoms with Crippen molar-refractivity contribution in [3.8, 4) is 0 Å². The van der Waals surface area contributed by atoms with E-state index in [0.717, 1.165) is 21.1 Å². The molecule has 0 fully saturated rings. The van der Waals surface area contributed by atoms with Gasteiger partial charge in [0.15, 0.2) is 0 Å². The summed E-state index contributed by atoms with van der Waals surface area (Å²) in [5.41, 5.74) is 5.65. The first-order valence-corrected chi connectivity index (χ1v) is 12.1. The number of benzene rings is 2. The van der Waals surface area contributed by atoms with E-state index in [-0.39, 0.29) is 13.1 Å². The molecular weight excluding hydrogens is 439 g/mol. The molecule has 0 saturated carbocycles. The minimum atomic E-state index is 0.194. The van der Waals surface area contributed by atoms with Crippen molar-refractivity contribution in [3.63, 3.8) is 0 Å². The van der Waals surface area contributed by atoms with E-state index in [1.807, 2.05) is 30.6 Å². The maximum absolute atomic E-state index is 4.76. The second kappa shape index (κ2) is 11.4. The predicted molar refractivity (Wildman–Crippen MR) is 118 cm³/mol. The van der Waals surface area contributed by atoms with Crippen LogP contribution in [0.1, 0.15) is 26.4 Å². The van der Waals surface area contributed by atoms with E-state index in [1.165, 1.54) is 16.7 Å². The zero-order chi connectivity index (χ0) is 19.6. The van der Waals surface area contributed by atoms with Crippen molar-refractivity contribution in [2.45, 2.75) is 20.8 Å². The Morgan fingerprint density at radius 1 is 0.741 bits per heavy atom. The molecule has 2 aromatic carbocycles. The molecule has 3 rings (SSSR count). The number of hydrogen-bond acceptors (Lipinski definition) is 3. The topological polar surface area (TPSA) is 24.7 Å². The summed E-state index contributed by atoms with van der Waals surface area (Å²) in [6.07, 6.45) is 3.86. The molecule has 1 aromatic heterocycles. The normalized spacial score (nSPS) is 11.1. The number of aliphatic imine (C=N–C) groups is 2. The summed E-state index contributed by atoms with van der Waals surface area (Å²) >= 11 is 1.88. The maximum atomic E-state index is 4.76. The third-order valence-electron chi connectivity index (χ3n) is 3.85. The standard InChI is InChI=1S/C21H20N2S.2ClH.Fe/c1-15-7-4-5-10-20(15)22-13-18-11-12-19(24-18)14-23-21-16(2)8-6-9-17(21)3;;;/h4-14H,1-3H3;2*1H;/q;;;+2/p-2. The zero-order valence-electron chi connectivity index (χ0n) is 15.3. The Balaban J connectivity index is 0.000000817. The quantitative estimate of drug-likeness (QED) is 0.284. The Hall–Kier alpha value is -1.42. The fraction of sp³-hybridized carbons (Fsp3) is 0.143. The second-order valence-corrected chi connectivity index (χ2v) is 8.80. The van der Waals surface area contributed by atoms with Gasteiger partial charge in [-0.25, -0.2) is 0 Å². The monoisotopic (exact) mass is 458 g/mol. The van der Waals surface area contributed by atoms with Gasteiger partial charge in [-0.2, -0.15) is 0 Å². The van der Waals surface area contributed by atoms with Crippen LogP contribution in [0.5, 0.6) is 0 Å². The second-order valence-electron chi connectivity index (χ2n) is 5.83. The van der Waals surface area contributed by atoms with Gasteiger partial charge >= 0.3 is 33.3 Å². The summed E-state index contributed by atoms with van der Waals surface area (Å²) in [4.78, 5) is 11.5. The molecule has 6 heteroatoms. The van der Waals surface area contributed by atoms with Crippen LogP contribution in [0, 0.1) is 20.8 Å². The van der Waals surface area contributed by atoms with Gasteiger partial charge in [-0.05, 0) is 55.7 Å². The number of nitrogens with zero attached hydrogens (tertiary/aromatic N) is 2. The number of hydrogen-bond donors (Lipinski definition) is 0. The molecule has 0 unspecified atom stereocenters. The average molecular weight is 459 g/mol. The zero-order valence-corrected chi connectivity index (χ0v) is 18.7. The third-order valence-corrected chi connectivity index (χ3v) is 4.81. The molecule has 27 heavy (non-hydrogen) atoms. The van der Waals surface area contributed by atoms with Crippen LogP contribution in [0.3, 0.4) is 0 Å². The van der Waals surface area contributed by atoms with Gasteiger partial charge in [-0.1, -0.05) is 36.4 Å². The molecule has 0 aliphatic rings. The summed E-state index contributed by atoms with van der Waals surface area (Å²) in [5.74, 6) is 0. The van der Waals surface area contributed by atoms with E-state index in [9.17, 15) is 0 Å². The van der Waals surface area contributed by atoms with Gasteiger partial charge in [0.2, 0.25) is 0 Å². The number of aryl methyl sites for hydroxylation is 3. The van der Waals surface area contributed by atoms with Crippen LogP contribution in [0.2, 0.25) is 0 Å². The predicted octanol–water partition coefficient (Wildman–Crippen LogP) is 7.55. The van der Waals surface area contributed by atoms with Crippen molar-refractivity contribution in [1.82, 2.24) is 0 Å². The third kappa shape index (κ3) is 6.91. The van der Waals surface area contributed by atoms with Crippen molar-refractivity contribution in [2.75, 3.05) is 0 Å². The van der Waals surface area contributed by atoms with Gasteiger partial charge < -0.3 is 0 Å². The van der Waals surface area contributed by atoms with Crippen LogP contribution in [-0.2, 0) is 13.1 Å². The first-order chi connectivity index (χ1) is 13.0. The molecule has 0 radical (unpaired) electrons.